The lowest BCUT2D eigenvalue weighted by Gasteiger charge is -2.30. The summed E-state index contributed by atoms with van der Waals surface area (Å²) >= 11 is 1.85. The molecule has 22 heavy (non-hydrogen) atoms. The Morgan fingerprint density at radius 3 is 2.09 bits per heavy atom. The van der Waals surface area contributed by atoms with Crippen LogP contribution < -0.4 is 10.6 Å². The number of guanidine groups is 1. The molecule has 0 radical (unpaired) electrons. The van der Waals surface area contributed by atoms with Gasteiger partial charge in [0.15, 0.2) is 5.96 Å². The Kier molecular flexibility index (Phi) is 14.2. The fourth-order valence-electron chi connectivity index (χ4n) is 2.09. The van der Waals surface area contributed by atoms with Gasteiger partial charge >= 0.3 is 0 Å². The van der Waals surface area contributed by atoms with Crippen molar-refractivity contribution in [1.29, 1.82) is 0 Å². The van der Waals surface area contributed by atoms with Gasteiger partial charge in [-0.1, -0.05) is 0 Å². The third-order valence-corrected chi connectivity index (χ3v) is 4.74. The molecule has 0 unspecified atom stereocenters. The highest BCUT2D eigenvalue weighted by Gasteiger charge is 2.16. The molecule has 0 saturated carbocycles. The van der Waals surface area contributed by atoms with Crippen LogP contribution in [0.3, 0.4) is 0 Å². The predicted molar refractivity (Wildman–Crippen MR) is 114 cm³/mol. The molecular formula is C16H37IN4S. The molecule has 0 aliphatic rings. The zero-order valence-electron chi connectivity index (χ0n) is 15.7. The van der Waals surface area contributed by atoms with E-state index in [1.807, 2.05) is 11.8 Å². The highest BCUT2D eigenvalue weighted by atomic mass is 127. The average Bonchev–Trinajstić information content (AvgIpc) is 2.39. The van der Waals surface area contributed by atoms with E-state index in [-0.39, 0.29) is 28.7 Å². The SMILES string of the molecule is CCNC(=NCC(C)(C)SC)NCCN(C(C)C)C(C)C.I. The van der Waals surface area contributed by atoms with E-state index in [1.165, 1.54) is 0 Å². The number of hydrogen-bond acceptors (Lipinski definition) is 3. The third-order valence-electron chi connectivity index (χ3n) is 3.50. The summed E-state index contributed by atoms with van der Waals surface area (Å²) in [7, 11) is 0. The number of nitrogens with one attached hydrogen (secondary N) is 2. The Hall–Kier alpha value is 0.310. The summed E-state index contributed by atoms with van der Waals surface area (Å²) in [6, 6.07) is 1.14. The highest BCUT2D eigenvalue weighted by Crippen LogP contribution is 2.20. The van der Waals surface area contributed by atoms with E-state index in [1.54, 1.807) is 0 Å². The summed E-state index contributed by atoms with van der Waals surface area (Å²) in [5.41, 5.74) is 0. The standard InChI is InChI=1S/C16H36N4S.HI/c1-9-17-15(19-12-16(6,7)21-8)18-10-11-20(13(2)3)14(4)5;/h13-14H,9-12H2,1-8H3,(H2,17,18,19);1H. The predicted octanol–water partition coefficient (Wildman–Crippen LogP) is 3.42. The summed E-state index contributed by atoms with van der Waals surface area (Å²) in [4.78, 5) is 7.19. The molecule has 0 amide bonds. The Morgan fingerprint density at radius 2 is 1.68 bits per heavy atom. The molecule has 0 spiro atoms. The number of hydrogen-bond donors (Lipinski definition) is 2. The monoisotopic (exact) mass is 444 g/mol. The second kappa shape index (κ2) is 12.7. The highest BCUT2D eigenvalue weighted by molar-refractivity contribution is 14.0. The van der Waals surface area contributed by atoms with Crippen LogP contribution in [0.25, 0.3) is 0 Å². The minimum atomic E-state index is 0. The Balaban J connectivity index is 0. The maximum atomic E-state index is 4.70. The average molecular weight is 444 g/mol. The Labute approximate surface area is 159 Å². The second-order valence-corrected chi connectivity index (χ2v) is 8.02. The Bertz CT molecular complexity index is 299. The van der Waals surface area contributed by atoms with Crippen molar-refractivity contribution < 1.29 is 0 Å². The van der Waals surface area contributed by atoms with Crippen LogP contribution in [0.5, 0.6) is 0 Å². The number of halogens is 1. The van der Waals surface area contributed by atoms with Crippen LogP contribution in [0.4, 0.5) is 0 Å². The summed E-state index contributed by atoms with van der Waals surface area (Å²) in [6.45, 7) is 19.2. The van der Waals surface area contributed by atoms with Crippen molar-refractivity contribution in [1.82, 2.24) is 15.5 Å². The summed E-state index contributed by atoms with van der Waals surface area (Å²) in [6.07, 6.45) is 2.14. The van der Waals surface area contributed by atoms with E-state index in [4.69, 9.17) is 4.99 Å². The van der Waals surface area contributed by atoms with Crippen LogP contribution >= 0.6 is 35.7 Å². The normalized spacial score (nSPS) is 12.8. The van der Waals surface area contributed by atoms with Crippen molar-refractivity contribution in [3.63, 3.8) is 0 Å². The first-order valence-corrected chi connectivity index (χ1v) is 9.29. The molecule has 0 aliphatic heterocycles. The van der Waals surface area contributed by atoms with Gasteiger partial charge in [0, 0.05) is 36.5 Å². The van der Waals surface area contributed by atoms with Gasteiger partial charge in [0.05, 0.1) is 6.54 Å². The lowest BCUT2D eigenvalue weighted by atomic mass is 10.2. The molecule has 0 rings (SSSR count). The molecule has 0 aliphatic carbocycles. The van der Waals surface area contributed by atoms with E-state index in [0.717, 1.165) is 32.1 Å². The van der Waals surface area contributed by atoms with Crippen molar-refractivity contribution in [3.8, 4) is 0 Å². The van der Waals surface area contributed by atoms with Gasteiger partial charge in [-0.05, 0) is 54.7 Å². The lowest BCUT2D eigenvalue weighted by Crippen LogP contribution is -2.45. The van der Waals surface area contributed by atoms with Crippen LogP contribution in [-0.2, 0) is 0 Å². The van der Waals surface area contributed by atoms with Crippen LogP contribution in [0, 0.1) is 0 Å². The number of thioether (sulfide) groups is 1. The van der Waals surface area contributed by atoms with E-state index in [2.05, 4.69) is 70.3 Å². The molecule has 0 aromatic carbocycles. The van der Waals surface area contributed by atoms with Gasteiger partial charge in [0.1, 0.15) is 0 Å². The Morgan fingerprint density at radius 1 is 1.14 bits per heavy atom. The lowest BCUT2D eigenvalue weighted by molar-refractivity contribution is 0.178. The summed E-state index contributed by atoms with van der Waals surface area (Å²) in [5, 5.41) is 6.77. The smallest absolute Gasteiger partial charge is 0.191 e. The molecule has 0 fully saturated rings. The second-order valence-electron chi connectivity index (χ2n) is 6.51. The van der Waals surface area contributed by atoms with Crippen molar-refractivity contribution >= 4 is 41.7 Å². The molecule has 0 saturated heterocycles. The van der Waals surface area contributed by atoms with Crippen molar-refractivity contribution in [2.45, 2.75) is 65.3 Å². The van der Waals surface area contributed by atoms with Gasteiger partial charge in [-0.15, -0.1) is 24.0 Å². The molecule has 6 heteroatoms. The van der Waals surface area contributed by atoms with Crippen molar-refractivity contribution in [2.75, 3.05) is 32.4 Å². The molecule has 0 aromatic heterocycles. The van der Waals surface area contributed by atoms with Gasteiger partial charge < -0.3 is 10.6 Å². The molecular weight excluding hydrogens is 407 g/mol. The van der Waals surface area contributed by atoms with Gasteiger partial charge in [0.25, 0.3) is 0 Å². The summed E-state index contributed by atoms with van der Waals surface area (Å²) < 4.78 is 0.185. The third kappa shape index (κ3) is 10.9. The van der Waals surface area contributed by atoms with E-state index < -0.39 is 0 Å². The molecule has 0 heterocycles. The quantitative estimate of drug-likeness (QED) is 0.325. The molecule has 134 valence electrons. The fraction of sp³-hybridized carbons (Fsp3) is 0.938. The molecule has 0 bridgehead atoms. The van der Waals surface area contributed by atoms with E-state index in [9.17, 15) is 0 Å². The van der Waals surface area contributed by atoms with Gasteiger partial charge in [0.2, 0.25) is 0 Å². The largest absolute Gasteiger partial charge is 0.357 e. The molecule has 0 atom stereocenters. The van der Waals surface area contributed by atoms with Gasteiger partial charge in [-0.25, -0.2) is 0 Å². The number of nitrogens with zero attached hydrogens (tertiary/aromatic N) is 2. The van der Waals surface area contributed by atoms with Gasteiger partial charge in [-0.3, -0.25) is 9.89 Å². The van der Waals surface area contributed by atoms with Crippen LogP contribution in [0.15, 0.2) is 4.99 Å². The molecule has 0 aromatic rings. The van der Waals surface area contributed by atoms with E-state index in [0.29, 0.717) is 12.1 Å². The van der Waals surface area contributed by atoms with Crippen molar-refractivity contribution in [3.05, 3.63) is 0 Å². The topological polar surface area (TPSA) is 39.7 Å². The van der Waals surface area contributed by atoms with Crippen molar-refractivity contribution in [2.24, 2.45) is 4.99 Å². The van der Waals surface area contributed by atoms with Crippen LogP contribution in [0.1, 0.15) is 48.5 Å². The fourth-order valence-corrected chi connectivity index (χ4v) is 2.29. The first kappa shape index (κ1) is 24.6. The summed E-state index contributed by atoms with van der Waals surface area (Å²) in [5.74, 6) is 0.923. The minimum Gasteiger partial charge on any atom is -0.357 e. The first-order chi connectivity index (χ1) is 9.73. The minimum absolute atomic E-state index is 0. The van der Waals surface area contributed by atoms with E-state index >= 15 is 0 Å². The number of rotatable bonds is 9. The molecule has 2 N–H and O–H groups in total. The van der Waals surface area contributed by atoms with Gasteiger partial charge in [-0.2, -0.15) is 11.8 Å². The molecule has 4 nitrogen and oxygen atoms in total. The van der Waals surface area contributed by atoms with Crippen LogP contribution in [-0.4, -0.2) is 60.1 Å². The zero-order valence-corrected chi connectivity index (χ0v) is 18.8. The zero-order chi connectivity index (χ0) is 16.5. The maximum Gasteiger partial charge on any atom is 0.191 e. The first-order valence-electron chi connectivity index (χ1n) is 8.06. The maximum absolute atomic E-state index is 4.70. The van der Waals surface area contributed by atoms with Crippen LogP contribution in [0.2, 0.25) is 0 Å². The number of aliphatic imine (C=N–C) groups is 1.